The standard InChI is InChI=1S/C13H17IN4/c1-9-11(5-12-7-17(2)16-13(12)14)8-18(15-9)6-10-3-4-10/h7-8,10H,3-6H2,1-2H3. The highest BCUT2D eigenvalue weighted by atomic mass is 127. The Morgan fingerprint density at radius 1 is 1.28 bits per heavy atom. The Labute approximate surface area is 121 Å². The maximum Gasteiger partial charge on any atom is 0.126 e. The molecule has 1 aliphatic rings. The third kappa shape index (κ3) is 2.60. The average Bonchev–Trinajstić information content (AvgIpc) is 2.95. The van der Waals surface area contributed by atoms with Crippen LogP contribution in [0.2, 0.25) is 0 Å². The molecular formula is C13H17IN4. The van der Waals surface area contributed by atoms with Gasteiger partial charge in [-0.25, -0.2) is 0 Å². The fourth-order valence-electron chi connectivity index (χ4n) is 2.23. The number of halogens is 1. The van der Waals surface area contributed by atoms with E-state index in [2.05, 4.69) is 56.8 Å². The van der Waals surface area contributed by atoms with Gasteiger partial charge in [-0.1, -0.05) is 0 Å². The molecule has 4 nitrogen and oxygen atoms in total. The number of nitrogens with zero attached hydrogens (tertiary/aromatic N) is 4. The van der Waals surface area contributed by atoms with E-state index >= 15 is 0 Å². The van der Waals surface area contributed by atoms with Gasteiger partial charge in [0.15, 0.2) is 0 Å². The molecule has 1 saturated carbocycles. The molecule has 0 unspecified atom stereocenters. The van der Waals surface area contributed by atoms with Crippen molar-refractivity contribution >= 4 is 22.6 Å². The van der Waals surface area contributed by atoms with Crippen molar-refractivity contribution in [2.75, 3.05) is 0 Å². The van der Waals surface area contributed by atoms with Crippen LogP contribution in [-0.2, 0) is 20.0 Å². The minimum Gasteiger partial charge on any atom is -0.274 e. The molecule has 0 atom stereocenters. The fourth-order valence-corrected chi connectivity index (χ4v) is 2.90. The minimum absolute atomic E-state index is 0.871. The maximum absolute atomic E-state index is 4.61. The number of hydrogen-bond acceptors (Lipinski definition) is 2. The van der Waals surface area contributed by atoms with Gasteiger partial charge in [0, 0.05) is 38.0 Å². The van der Waals surface area contributed by atoms with Gasteiger partial charge < -0.3 is 0 Å². The lowest BCUT2D eigenvalue weighted by atomic mass is 10.1. The van der Waals surface area contributed by atoms with Gasteiger partial charge in [-0.15, -0.1) is 0 Å². The van der Waals surface area contributed by atoms with E-state index in [1.807, 2.05) is 11.7 Å². The second-order valence-corrected chi connectivity index (χ2v) is 6.22. The van der Waals surface area contributed by atoms with Crippen LogP contribution in [0.1, 0.15) is 29.7 Å². The Hall–Kier alpha value is -0.850. The predicted molar refractivity (Wildman–Crippen MR) is 78.4 cm³/mol. The highest BCUT2D eigenvalue weighted by molar-refractivity contribution is 14.1. The Morgan fingerprint density at radius 2 is 2.06 bits per heavy atom. The topological polar surface area (TPSA) is 35.6 Å². The first-order valence-electron chi connectivity index (χ1n) is 6.33. The van der Waals surface area contributed by atoms with Crippen molar-refractivity contribution in [2.24, 2.45) is 13.0 Å². The van der Waals surface area contributed by atoms with Gasteiger partial charge in [-0.05, 0) is 53.8 Å². The molecular weight excluding hydrogens is 339 g/mol. The molecule has 0 saturated heterocycles. The van der Waals surface area contributed by atoms with Crippen molar-refractivity contribution < 1.29 is 0 Å². The van der Waals surface area contributed by atoms with Crippen LogP contribution in [0, 0.1) is 16.5 Å². The fraction of sp³-hybridized carbons (Fsp3) is 0.538. The summed E-state index contributed by atoms with van der Waals surface area (Å²) in [7, 11) is 1.97. The van der Waals surface area contributed by atoms with Gasteiger partial charge in [0.05, 0.1) is 5.69 Å². The van der Waals surface area contributed by atoms with Gasteiger partial charge in [-0.3, -0.25) is 9.36 Å². The molecule has 3 rings (SSSR count). The summed E-state index contributed by atoms with van der Waals surface area (Å²) >= 11 is 2.30. The van der Waals surface area contributed by atoms with Crippen LogP contribution < -0.4 is 0 Å². The van der Waals surface area contributed by atoms with Gasteiger partial charge >= 0.3 is 0 Å². The van der Waals surface area contributed by atoms with Gasteiger partial charge in [0.25, 0.3) is 0 Å². The SMILES string of the molecule is Cc1nn(CC2CC2)cc1Cc1cn(C)nc1I. The van der Waals surface area contributed by atoms with E-state index in [9.17, 15) is 0 Å². The summed E-state index contributed by atoms with van der Waals surface area (Å²) in [6.07, 6.45) is 7.97. The van der Waals surface area contributed by atoms with Gasteiger partial charge in [0.1, 0.15) is 3.70 Å². The highest BCUT2D eigenvalue weighted by Gasteiger charge is 2.22. The first-order chi connectivity index (χ1) is 8.61. The monoisotopic (exact) mass is 356 g/mol. The molecule has 2 aromatic heterocycles. The first kappa shape index (κ1) is 12.2. The highest BCUT2D eigenvalue weighted by Crippen LogP contribution is 2.30. The van der Waals surface area contributed by atoms with Crippen LogP contribution in [0.5, 0.6) is 0 Å². The largest absolute Gasteiger partial charge is 0.274 e. The van der Waals surface area contributed by atoms with E-state index < -0.39 is 0 Å². The van der Waals surface area contributed by atoms with E-state index in [0.29, 0.717) is 0 Å². The summed E-state index contributed by atoms with van der Waals surface area (Å²) in [5, 5.41) is 8.99. The predicted octanol–water partition coefficient (Wildman–Crippen LogP) is 2.53. The van der Waals surface area contributed by atoms with E-state index in [4.69, 9.17) is 0 Å². The maximum atomic E-state index is 4.61. The lowest BCUT2D eigenvalue weighted by Gasteiger charge is -1.97. The summed E-state index contributed by atoms with van der Waals surface area (Å²) in [6, 6.07) is 0. The quantitative estimate of drug-likeness (QED) is 0.790. The van der Waals surface area contributed by atoms with Crippen LogP contribution in [0.25, 0.3) is 0 Å². The smallest absolute Gasteiger partial charge is 0.126 e. The summed E-state index contributed by atoms with van der Waals surface area (Å²) in [5.74, 6) is 0.871. The van der Waals surface area contributed by atoms with Crippen molar-refractivity contribution in [1.29, 1.82) is 0 Å². The van der Waals surface area contributed by atoms with E-state index in [-0.39, 0.29) is 0 Å². The van der Waals surface area contributed by atoms with E-state index in [1.54, 1.807) is 0 Å². The third-order valence-corrected chi connectivity index (χ3v) is 4.33. The summed E-state index contributed by atoms with van der Waals surface area (Å²) in [4.78, 5) is 0. The summed E-state index contributed by atoms with van der Waals surface area (Å²) in [5.41, 5.74) is 3.75. The van der Waals surface area contributed by atoms with Crippen LogP contribution in [0.3, 0.4) is 0 Å². The molecule has 0 aliphatic heterocycles. The third-order valence-electron chi connectivity index (χ3n) is 3.42. The Balaban J connectivity index is 1.78. The number of rotatable bonds is 4. The molecule has 2 aromatic rings. The van der Waals surface area contributed by atoms with Gasteiger partial charge in [-0.2, -0.15) is 10.2 Å². The molecule has 0 spiro atoms. The van der Waals surface area contributed by atoms with E-state index in [1.165, 1.54) is 24.0 Å². The Bertz CT molecular complexity index is 566. The van der Waals surface area contributed by atoms with Crippen molar-refractivity contribution in [1.82, 2.24) is 19.6 Å². The van der Waals surface area contributed by atoms with Crippen molar-refractivity contribution in [3.8, 4) is 0 Å². The number of hydrogen-bond donors (Lipinski definition) is 0. The minimum atomic E-state index is 0.871. The molecule has 0 bridgehead atoms. The van der Waals surface area contributed by atoms with Crippen LogP contribution in [-0.4, -0.2) is 19.6 Å². The Kier molecular flexibility index (Phi) is 3.17. The number of aromatic nitrogens is 4. The lowest BCUT2D eigenvalue weighted by Crippen LogP contribution is -1.99. The van der Waals surface area contributed by atoms with Crippen molar-refractivity contribution in [3.63, 3.8) is 0 Å². The molecule has 18 heavy (non-hydrogen) atoms. The summed E-state index contributed by atoms with van der Waals surface area (Å²) < 4.78 is 5.08. The van der Waals surface area contributed by atoms with Crippen LogP contribution in [0.4, 0.5) is 0 Å². The second kappa shape index (κ2) is 4.68. The molecule has 96 valence electrons. The molecule has 0 radical (unpaired) electrons. The van der Waals surface area contributed by atoms with Crippen LogP contribution in [0.15, 0.2) is 12.4 Å². The molecule has 0 N–H and O–H groups in total. The zero-order valence-electron chi connectivity index (χ0n) is 10.7. The van der Waals surface area contributed by atoms with Crippen LogP contribution >= 0.6 is 22.6 Å². The molecule has 2 heterocycles. The summed E-state index contributed by atoms with van der Waals surface area (Å²) in [6.45, 7) is 3.19. The zero-order chi connectivity index (χ0) is 12.7. The molecule has 5 heteroatoms. The second-order valence-electron chi connectivity index (χ2n) is 5.20. The Morgan fingerprint density at radius 3 is 2.67 bits per heavy atom. The van der Waals surface area contributed by atoms with Gasteiger partial charge in [0.2, 0.25) is 0 Å². The molecule has 0 amide bonds. The normalized spacial score (nSPS) is 15.3. The number of aryl methyl sites for hydroxylation is 2. The average molecular weight is 356 g/mol. The lowest BCUT2D eigenvalue weighted by molar-refractivity contribution is 0.559. The zero-order valence-corrected chi connectivity index (χ0v) is 12.9. The van der Waals surface area contributed by atoms with E-state index in [0.717, 1.165) is 28.3 Å². The van der Waals surface area contributed by atoms with Crippen molar-refractivity contribution in [2.45, 2.75) is 32.7 Å². The first-order valence-corrected chi connectivity index (χ1v) is 7.40. The van der Waals surface area contributed by atoms with Crippen molar-refractivity contribution in [3.05, 3.63) is 32.9 Å². The molecule has 1 aliphatic carbocycles. The molecule has 0 aromatic carbocycles. The molecule has 1 fully saturated rings.